The lowest BCUT2D eigenvalue weighted by Crippen LogP contribution is -2.21. The number of thiazole rings is 1. The van der Waals surface area contributed by atoms with Crippen LogP contribution in [0.3, 0.4) is 0 Å². The number of hydrogen-bond donors (Lipinski definition) is 1. The van der Waals surface area contributed by atoms with Crippen molar-refractivity contribution in [2.75, 3.05) is 19.0 Å². The molecule has 0 fully saturated rings. The van der Waals surface area contributed by atoms with Crippen LogP contribution in [0.5, 0.6) is 0 Å². The summed E-state index contributed by atoms with van der Waals surface area (Å²) in [5, 5.41) is 4.46. The molecule has 0 unspecified atom stereocenters. The van der Waals surface area contributed by atoms with Gasteiger partial charge in [-0.2, -0.15) is 0 Å². The number of carbonyl (C=O) groups excluding carboxylic acids is 3. The summed E-state index contributed by atoms with van der Waals surface area (Å²) < 4.78 is 14.9. The van der Waals surface area contributed by atoms with Crippen LogP contribution in [0.25, 0.3) is 0 Å². The van der Waals surface area contributed by atoms with E-state index in [1.54, 1.807) is 26.2 Å². The van der Waals surface area contributed by atoms with Crippen molar-refractivity contribution in [3.63, 3.8) is 0 Å². The molecule has 8 nitrogen and oxygen atoms in total. The molecule has 2 heterocycles. The van der Waals surface area contributed by atoms with E-state index in [-0.39, 0.29) is 6.42 Å². The molecule has 9 heteroatoms. The summed E-state index contributed by atoms with van der Waals surface area (Å²) in [6.45, 7) is 4.71. The van der Waals surface area contributed by atoms with Crippen LogP contribution in [0.4, 0.5) is 5.13 Å². The molecule has 0 atom stereocenters. The number of furan rings is 1. The molecule has 1 amide bonds. The molecule has 2 rings (SSSR count). The van der Waals surface area contributed by atoms with Crippen molar-refractivity contribution >= 4 is 34.3 Å². The van der Waals surface area contributed by atoms with E-state index in [0.717, 1.165) is 11.3 Å². The van der Waals surface area contributed by atoms with E-state index < -0.39 is 24.5 Å². The number of aromatic nitrogens is 1. The summed E-state index contributed by atoms with van der Waals surface area (Å²) in [6.07, 6.45) is 0.0241. The second-order valence-corrected chi connectivity index (χ2v) is 6.09. The SMILES string of the molecule is COC(=O)Cc1csc(NC(=O)COC(=O)c2c(C)oc(C)c2C)n1. The highest BCUT2D eigenvalue weighted by Gasteiger charge is 2.21. The Morgan fingerprint density at radius 2 is 1.96 bits per heavy atom. The fraction of sp³-hybridized carbons (Fsp3) is 0.375. The highest BCUT2D eigenvalue weighted by molar-refractivity contribution is 7.13. The molecule has 1 N–H and O–H groups in total. The standard InChI is InChI=1S/C16H18N2O6S/c1-8-9(2)24-10(3)14(8)15(21)23-6-12(19)18-16-17-11(7-25-16)5-13(20)22-4/h7H,5-6H2,1-4H3,(H,17,18,19). The topological polar surface area (TPSA) is 108 Å². The molecule has 0 radical (unpaired) electrons. The molecule has 0 spiro atoms. The fourth-order valence-electron chi connectivity index (χ4n) is 2.12. The Labute approximate surface area is 148 Å². The van der Waals surface area contributed by atoms with E-state index in [4.69, 9.17) is 9.15 Å². The number of nitrogens with zero attached hydrogens (tertiary/aromatic N) is 1. The van der Waals surface area contributed by atoms with Gasteiger partial charge >= 0.3 is 11.9 Å². The highest BCUT2D eigenvalue weighted by atomic mass is 32.1. The predicted molar refractivity (Wildman–Crippen MR) is 89.7 cm³/mol. The summed E-state index contributed by atoms with van der Waals surface area (Å²) in [4.78, 5) is 39.2. The molecule has 134 valence electrons. The van der Waals surface area contributed by atoms with Crippen LogP contribution in [0, 0.1) is 20.8 Å². The maximum Gasteiger partial charge on any atom is 0.342 e. The summed E-state index contributed by atoms with van der Waals surface area (Å²) in [7, 11) is 1.29. The minimum absolute atomic E-state index is 0.0241. The van der Waals surface area contributed by atoms with Crippen LogP contribution in [0.2, 0.25) is 0 Å². The average Bonchev–Trinajstić information content (AvgIpc) is 3.09. The second-order valence-electron chi connectivity index (χ2n) is 5.24. The number of methoxy groups -OCH3 is 1. The third kappa shape index (κ3) is 4.66. The van der Waals surface area contributed by atoms with Gasteiger partial charge in [0, 0.05) is 10.9 Å². The largest absolute Gasteiger partial charge is 0.469 e. The van der Waals surface area contributed by atoms with Crippen molar-refractivity contribution in [1.82, 2.24) is 4.98 Å². The third-order valence-corrected chi connectivity index (χ3v) is 4.26. The molecule has 0 aromatic carbocycles. The Morgan fingerprint density at radius 1 is 1.24 bits per heavy atom. The van der Waals surface area contributed by atoms with Gasteiger partial charge in [0.2, 0.25) is 0 Å². The van der Waals surface area contributed by atoms with Gasteiger partial charge in [-0.15, -0.1) is 11.3 Å². The number of rotatable bonds is 6. The van der Waals surface area contributed by atoms with Gasteiger partial charge in [0.1, 0.15) is 17.1 Å². The van der Waals surface area contributed by atoms with Crippen molar-refractivity contribution < 1.29 is 28.3 Å². The van der Waals surface area contributed by atoms with Crippen molar-refractivity contribution in [2.45, 2.75) is 27.2 Å². The first-order chi connectivity index (χ1) is 11.8. The van der Waals surface area contributed by atoms with Gasteiger partial charge in [0.15, 0.2) is 11.7 Å². The zero-order valence-electron chi connectivity index (χ0n) is 14.3. The number of esters is 2. The molecule has 2 aromatic heterocycles. The lowest BCUT2D eigenvalue weighted by atomic mass is 10.1. The molecule has 0 aliphatic rings. The number of aryl methyl sites for hydroxylation is 2. The van der Waals surface area contributed by atoms with Gasteiger partial charge in [-0.3, -0.25) is 14.9 Å². The molecular weight excluding hydrogens is 348 g/mol. The summed E-state index contributed by atoms with van der Waals surface area (Å²) in [5.74, 6) is -0.476. The smallest absolute Gasteiger partial charge is 0.342 e. The zero-order chi connectivity index (χ0) is 18.6. The predicted octanol–water partition coefficient (Wildman–Crippen LogP) is 2.17. The molecule has 0 aliphatic heterocycles. The lowest BCUT2D eigenvalue weighted by Gasteiger charge is -2.04. The van der Waals surface area contributed by atoms with Crippen molar-refractivity contribution in [2.24, 2.45) is 0 Å². The second kappa shape index (κ2) is 7.93. The zero-order valence-corrected chi connectivity index (χ0v) is 15.1. The molecule has 0 saturated heterocycles. The minimum Gasteiger partial charge on any atom is -0.469 e. The third-order valence-electron chi connectivity index (χ3n) is 3.45. The average molecular weight is 366 g/mol. The quantitative estimate of drug-likeness (QED) is 0.781. The fourth-order valence-corrected chi connectivity index (χ4v) is 2.84. The van der Waals surface area contributed by atoms with E-state index in [2.05, 4.69) is 15.0 Å². The Bertz CT molecular complexity index is 808. The van der Waals surface area contributed by atoms with E-state index in [1.807, 2.05) is 0 Å². The lowest BCUT2D eigenvalue weighted by molar-refractivity contribution is -0.139. The Balaban J connectivity index is 1.88. The van der Waals surface area contributed by atoms with Crippen LogP contribution < -0.4 is 5.32 Å². The minimum atomic E-state index is -0.618. The van der Waals surface area contributed by atoms with E-state index >= 15 is 0 Å². The first-order valence-electron chi connectivity index (χ1n) is 7.36. The van der Waals surface area contributed by atoms with Crippen LogP contribution in [-0.2, 0) is 25.5 Å². The Hall–Kier alpha value is -2.68. The van der Waals surface area contributed by atoms with Crippen molar-refractivity contribution in [3.05, 3.63) is 33.7 Å². The molecule has 2 aromatic rings. The number of hydrogen-bond acceptors (Lipinski definition) is 8. The van der Waals surface area contributed by atoms with Gasteiger partial charge < -0.3 is 13.9 Å². The van der Waals surface area contributed by atoms with E-state index in [9.17, 15) is 14.4 Å². The van der Waals surface area contributed by atoms with Gasteiger partial charge in [0.05, 0.1) is 19.2 Å². The Kier molecular flexibility index (Phi) is 5.92. The van der Waals surface area contributed by atoms with Gasteiger partial charge in [-0.05, 0) is 20.8 Å². The normalized spacial score (nSPS) is 10.4. The maximum atomic E-state index is 12.1. The number of amides is 1. The number of ether oxygens (including phenoxy) is 2. The highest BCUT2D eigenvalue weighted by Crippen LogP contribution is 2.21. The molecule has 0 bridgehead atoms. The van der Waals surface area contributed by atoms with Crippen LogP contribution in [-0.4, -0.2) is 36.5 Å². The van der Waals surface area contributed by atoms with E-state index in [1.165, 1.54) is 7.11 Å². The summed E-state index contributed by atoms with van der Waals surface area (Å²) in [5.41, 5.74) is 1.51. The number of carbonyl (C=O) groups is 3. The maximum absolute atomic E-state index is 12.1. The van der Waals surface area contributed by atoms with Crippen LogP contribution >= 0.6 is 11.3 Å². The molecule has 0 aliphatic carbocycles. The van der Waals surface area contributed by atoms with Gasteiger partial charge in [-0.25, -0.2) is 9.78 Å². The summed E-state index contributed by atoms with van der Waals surface area (Å²) >= 11 is 1.16. The molecule has 0 saturated carbocycles. The van der Waals surface area contributed by atoms with Crippen LogP contribution in [0.15, 0.2) is 9.80 Å². The van der Waals surface area contributed by atoms with Gasteiger partial charge in [0.25, 0.3) is 5.91 Å². The molecular formula is C16H18N2O6S. The number of anilines is 1. The van der Waals surface area contributed by atoms with Crippen molar-refractivity contribution in [1.29, 1.82) is 0 Å². The van der Waals surface area contributed by atoms with Crippen LogP contribution in [0.1, 0.15) is 33.1 Å². The number of nitrogens with one attached hydrogen (secondary N) is 1. The van der Waals surface area contributed by atoms with Gasteiger partial charge in [-0.1, -0.05) is 0 Å². The summed E-state index contributed by atoms with van der Waals surface area (Å²) in [6, 6.07) is 0. The van der Waals surface area contributed by atoms with E-state index in [0.29, 0.717) is 33.5 Å². The first-order valence-corrected chi connectivity index (χ1v) is 8.24. The van der Waals surface area contributed by atoms with Crippen molar-refractivity contribution in [3.8, 4) is 0 Å². The molecule has 25 heavy (non-hydrogen) atoms. The Morgan fingerprint density at radius 3 is 2.56 bits per heavy atom. The monoisotopic (exact) mass is 366 g/mol. The first kappa shape index (κ1) is 18.7.